The number of hydrogen-bond acceptors (Lipinski definition) is 4. The van der Waals surface area contributed by atoms with Gasteiger partial charge in [0.15, 0.2) is 0 Å². The van der Waals surface area contributed by atoms with E-state index in [4.69, 9.17) is 4.74 Å². The van der Waals surface area contributed by atoms with Crippen molar-refractivity contribution in [3.63, 3.8) is 0 Å². The van der Waals surface area contributed by atoms with Crippen LogP contribution in [0.2, 0.25) is 0 Å². The fraction of sp³-hybridized carbons (Fsp3) is 0.600. The fourth-order valence-electron chi connectivity index (χ4n) is 2.58. The SMILES string of the molecule is CN(Cc1ccc(OC(F)(F)F)cc1)CC1(O)CCOCC1. The summed E-state index contributed by atoms with van der Waals surface area (Å²) in [5.41, 5.74) is 0.0967. The van der Waals surface area contributed by atoms with E-state index in [0.717, 1.165) is 5.56 Å². The second kappa shape index (κ2) is 6.85. The first kappa shape index (κ1) is 17.1. The van der Waals surface area contributed by atoms with Crippen LogP contribution in [0.5, 0.6) is 5.75 Å². The van der Waals surface area contributed by atoms with Crippen LogP contribution in [0.15, 0.2) is 24.3 Å². The van der Waals surface area contributed by atoms with E-state index in [-0.39, 0.29) is 5.75 Å². The molecule has 0 unspecified atom stereocenters. The summed E-state index contributed by atoms with van der Waals surface area (Å²) in [6.45, 7) is 2.13. The van der Waals surface area contributed by atoms with Crippen molar-refractivity contribution in [1.29, 1.82) is 0 Å². The number of likely N-dealkylation sites (N-methyl/N-ethyl adjacent to an activating group) is 1. The minimum atomic E-state index is -4.68. The highest BCUT2D eigenvalue weighted by Crippen LogP contribution is 2.24. The van der Waals surface area contributed by atoms with Crippen molar-refractivity contribution in [3.05, 3.63) is 29.8 Å². The molecule has 0 atom stereocenters. The van der Waals surface area contributed by atoms with E-state index in [9.17, 15) is 18.3 Å². The molecule has 0 bridgehead atoms. The average molecular weight is 319 g/mol. The lowest BCUT2D eigenvalue weighted by Crippen LogP contribution is -2.45. The molecule has 4 nitrogen and oxygen atoms in total. The monoisotopic (exact) mass is 319 g/mol. The molecule has 124 valence electrons. The maximum Gasteiger partial charge on any atom is 0.573 e. The van der Waals surface area contributed by atoms with Crippen LogP contribution < -0.4 is 4.74 Å². The van der Waals surface area contributed by atoms with Crippen LogP contribution in [-0.2, 0) is 11.3 Å². The molecule has 1 heterocycles. The van der Waals surface area contributed by atoms with Gasteiger partial charge in [-0.2, -0.15) is 0 Å². The highest BCUT2D eigenvalue weighted by atomic mass is 19.4. The molecule has 2 rings (SSSR count). The molecule has 1 aliphatic heterocycles. The van der Waals surface area contributed by atoms with Crippen LogP contribution >= 0.6 is 0 Å². The molecule has 7 heteroatoms. The summed E-state index contributed by atoms with van der Waals surface area (Å²) in [5, 5.41) is 10.4. The van der Waals surface area contributed by atoms with Crippen molar-refractivity contribution in [2.45, 2.75) is 31.3 Å². The van der Waals surface area contributed by atoms with Crippen LogP contribution in [-0.4, -0.2) is 48.8 Å². The molecular formula is C15H20F3NO3. The smallest absolute Gasteiger partial charge is 0.406 e. The Morgan fingerprint density at radius 2 is 1.82 bits per heavy atom. The molecule has 0 aliphatic carbocycles. The van der Waals surface area contributed by atoms with Gasteiger partial charge in [-0.15, -0.1) is 13.2 Å². The second-order valence-electron chi connectivity index (χ2n) is 5.70. The Bertz CT molecular complexity index is 470. The van der Waals surface area contributed by atoms with Gasteiger partial charge >= 0.3 is 6.36 Å². The van der Waals surface area contributed by atoms with Gasteiger partial charge in [-0.1, -0.05) is 12.1 Å². The summed E-state index contributed by atoms with van der Waals surface area (Å²) in [6, 6.07) is 5.76. The summed E-state index contributed by atoms with van der Waals surface area (Å²) < 4.78 is 45.3. The molecule has 0 aromatic heterocycles. The Kier molecular flexibility index (Phi) is 5.31. The van der Waals surface area contributed by atoms with Gasteiger partial charge in [0, 0.05) is 39.1 Å². The van der Waals surface area contributed by atoms with E-state index < -0.39 is 12.0 Å². The summed E-state index contributed by atoms with van der Waals surface area (Å²) in [5.74, 6) is -0.234. The number of halogens is 3. The lowest BCUT2D eigenvalue weighted by atomic mass is 9.94. The van der Waals surface area contributed by atoms with Gasteiger partial charge in [0.05, 0.1) is 5.60 Å². The molecule has 0 radical (unpaired) electrons. The number of hydrogen-bond donors (Lipinski definition) is 1. The fourth-order valence-corrected chi connectivity index (χ4v) is 2.58. The van der Waals surface area contributed by atoms with Gasteiger partial charge in [0.1, 0.15) is 5.75 Å². The molecule has 1 aliphatic rings. The predicted molar refractivity (Wildman–Crippen MR) is 74.5 cm³/mol. The van der Waals surface area contributed by atoms with Crippen LogP contribution in [0.1, 0.15) is 18.4 Å². The Morgan fingerprint density at radius 1 is 1.23 bits per heavy atom. The van der Waals surface area contributed by atoms with Gasteiger partial charge in [-0.25, -0.2) is 0 Å². The van der Waals surface area contributed by atoms with Crippen LogP contribution in [0.4, 0.5) is 13.2 Å². The summed E-state index contributed by atoms with van der Waals surface area (Å²) >= 11 is 0. The minimum absolute atomic E-state index is 0.234. The third-order valence-electron chi connectivity index (χ3n) is 3.60. The lowest BCUT2D eigenvalue weighted by Gasteiger charge is -2.35. The number of benzene rings is 1. The van der Waals surface area contributed by atoms with E-state index >= 15 is 0 Å². The van der Waals surface area contributed by atoms with Gasteiger partial charge in [-0.05, 0) is 24.7 Å². The van der Waals surface area contributed by atoms with Gasteiger partial charge < -0.3 is 14.6 Å². The topological polar surface area (TPSA) is 41.9 Å². The van der Waals surface area contributed by atoms with Crippen molar-refractivity contribution < 1.29 is 27.8 Å². The van der Waals surface area contributed by atoms with E-state index in [1.54, 1.807) is 12.1 Å². The van der Waals surface area contributed by atoms with Crippen LogP contribution in [0.25, 0.3) is 0 Å². The number of aliphatic hydroxyl groups is 1. The van der Waals surface area contributed by atoms with Gasteiger partial charge in [0.25, 0.3) is 0 Å². The molecule has 1 fully saturated rings. The molecule has 1 aromatic rings. The lowest BCUT2D eigenvalue weighted by molar-refractivity contribution is -0.274. The molecule has 22 heavy (non-hydrogen) atoms. The molecule has 1 N–H and O–H groups in total. The Hall–Kier alpha value is -1.31. The quantitative estimate of drug-likeness (QED) is 0.906. The minimum Gasteiger partial charge on any atom is -0.406 e. The Labute approximate surface area is 127 Å². The maximum atomic E-state index is 12.1. The summed E-state index contributed by atoms with van der Waals surface area (Å²) in [6.07, 6.45) is -3.49. The van der Waals surface area contributed by atoms with Crippen molar-refractivity contribution in [2.24, 2.45) is 0 Å². The molecule has 0 spiro atoms. The molecule has 0 amide bonds. The highest BCUT2D eigenvalue weighted by molar-refractivity contribution is 5.27. The van der Waals surface area contributed by atoms with Crippen molar-refractivity contribution in [2.75, 3.05) is 26.8 Å². The molecular weight excluding hydrogens is 299 g/mol. The van der Waals surface area contributed by atoms with E-state index in [1.807, 2.05) is 11.9 Å². The van der Waals surface area contributed by atoms with E-state index in [2.05, 4.69) is 4.74 Å². The standard InChI is InChI=1S/C15H20F3NO3/c1-19(11-14(20)6-8-21-9-7-14)10-12-2-4-13(5-3-12)22-15(16,17)18/h2-5,20H,6-11H2,1H3. The largest absolute Gasteiger partial charge is 0.573 e. The summed E-state index contributed by atoms with van der Waals surface area (Å²) in [7, 11) is 1.87. The number of rotatable bonds is 5. The van der Waals surface area contributed by atoms with Crippen LogP contribution in [0.3, 0.4) is 0 Å². The van der Waals surface area contributed by atoms with Gasteiger partial charge in [0.2, 0.25) is 0 Å². The highest BCUT2D eigenvalue weighted by Gasteiger charge is 2.32. The average Bonchev–Trinajstić information content (AvgIpc) is 2.39. The van der Waals surface area contributed by atoms with Crippen LogP contribution in [0, 0.1) is 0 Å². The number of nitrogens with zero attached hydrogens (tertiary/aromatic N) is 1. The maximum absolute atomic E-state index is 12.1. The zero-order chi connectivity index (χ0) is 16.2. The second-order valence-corrected chi connectivity index (χ2v) is 5.70. The molecule has 1 saturated heterocycles. The molecule has 0 saturated carbocycles. The van der Waals surface area contributed by atoms with Crippen molar-refractivity contribution >= 4 is 0 Å². The van der Waals surface area contributed by atoms with Crippen molar-refractivity contribution in [1.82, 2.24) is 4.90 Å². The summed E-state index contributed by atoms with van der Waals surface area (Å²) in [4.78, 5) is 1.95. The Morgan fingerprint density at radius 3 is 2.36 bits per heavy atom. The zero-order valence-electron chi connectivity index (χ0n) is 12.4. The zero-order valence-corrected chi connectivity index (χ0v) is 12.4. The Balaban J connectivity index is 1.87. The molecule has 1 aromatic carbocycles. The third-order valence-corrected chi connectivity index (χ3v) is 3.60. The first-order valence-corrected chi connectivity index (χ1v) is 7.09. The first-order chi connectivity index (χ1) is 10.3. The van der Waals surface area contributed by atoms with E-state index in [0.29, 0.717) is 39.1 Å². The first-order valence-electron chi connectivity index (χ1n) is 7.09. The van der Waals surface area contributed by atoms with Gasteiger partial charge in [-0.3, -0.25) is 4.90 Å². The predicted octanol–water partition coefficient (Wildman–Crippen LogP) is 2.56. The third kappa shape index (κ3) is 5.47. The number of alkyl halides is 3. The number of ether oxygens (including phenoxy) is 2. The van der Waals surface area contributed by atoms with Crippen molar-refractivity contribution in [3.8, 4) is 5.75 Å². The van der Waals surface area contributed by atoms with E-state index in [1.165, 1.54) is 12.1 Å². The normalized spacial score (nSPS) is 18.5.